The normalized spacial score (nSPS) is 11.1. The van der Waals surface area contributed by atoms with E-state index in [0.29, 0.717) is 25.3 Å². The van der Waals surface area contributed by atoms with Crippen LogP contribution in [-0.2, 0) is 10.2 Å². The van der Waals surface area contributed by atoms with Gasteiger partial charge in [0.1, 0.15) is 0 Å². The molecule has 0 heterocycles. The predicted molar refractivity (Wildman–Crippen MR) is 106 cm³/mol. The number of ether oxygens (including phenoxy) is 3. The van der Waals surface area contributed by atoms with Crippen LogP contribution in [0.3, 0.4) is 0 Å². The molecule has 1 aromatic rings. The molecule has 0 aliphatic carbocycles. The minimum absolute atomic E-state index is 0.152. The first-order valence-electron chi connectivity index (χ1n) is 9.60. The van der Waals surface area contributed by atoms with Crippen molar-refractivity contribution in [1.82, 2.24) is 4.90 Å². The summed E-state index contributed by atoms with van der Waals surface area (Å²) in [5, 5.41) is 0. The standard InChI is InChI=1S/C21H33NO5/c1-8-11-12-25-20(24)27-18-15(4)13-16(21(5,6)7)14-17(18)26-19(23)22(9-2)10-3/h13-14H,8-12H2,1-7H3. The molecule has 0 bridgehead atoms. The SMILES string of the molecule is CCCCOC(=O)Oc1c(C)cc(C(C)(C)C)cc1OC(=O)N(CC)CC. The number of benzene rings is 1. The highest BCUT2D eigenvalue weighted by Crippen LogP contribution is 2.37. The summed E-state index contributed by atoms with van der Waals surface area (Å²) >= 11 is 0. The van der Waals surface area contributed by atoms with E-state index in [0.717, 1.165) is 18.4 Å². The van der Waals surface area contributed by atoms with E-state index in [4.69, 9.17) is 14.2 Å². The van der Waals surface area contributed by atoms with Crippen molar-refractivity contribution in [3.63, 3.8) is 0 Å². The topological polar surface area (TPSA) is 65.1 Å². The first-order chi connectivity index (χ1) is 12.6. The molecule has 152 valence electrons. The van der Waals surface area contributed by atoms with E-state index in [1.54, 1.807) is 11.0 Å². The van der Waals surface area contributed by atoms with E-state index in [9.17, 15) is 9.59 Å². The van der Waals surface area contributed by atoms with Crippen LogP contribution in [0.4, 0.5) is 9.59 Å². The smallest absolute Gasteiger partial charge is 0.434 e. The van der Waals surface area contributed by atoms with Crippen molar-refractivity contribution in [3.05, 3.63) is 23.3 Å². The number of hydrogen-bond acceptors (Lipinski definition) is 5. The third kappa shape index (κ3) is 6.77. The predicted octanol–water partition coefficient (Wildman–Crippen LogP) is 5.45. The number of nitrogens with zero attached hydrogens (tertiary/aromatic N) is 1. The summed E-state index contributed by atoms with van der Waals surface area (Å²) in [6, 6.07) is 3.69. The summed E-state index contributed by atoms with van der Waals surface area (Å²) in [6.07, 6.45) is 0.407. The summed E-state index contributed by atoms with van der Waals surface area (Å²) in [5.41, 5.74) is 1.53. The molecule has 0 unspecified atom stereocenters. The first kappa shape index (κ1) is 22.8. The third-order valence-electron chi connectivity index (χ3n) is 4.23. The molecule has 0 atom stereocenters. The van der Waals surface area contributed by atoms with Gasteiger partial charge in [-0.15, -0.1) is 0 Å². The maximum Gasteiger partial charge on any atom is 0.513 e. The Morgan fingerprint density at radius 2 is 1.67 bits per heavy atom. The number of carbonyl (C=O) groups excluding carboxylic acids is 2. The summed E-state index contributed by atoms with van der Waals surface area (Å²) in [6.45, 7) is 15.1. The number of hydrogen-bond donors (Lipinski definition) is 0. The van der Waals surface area contributed by atoms with Crippen molar-refractivity contribution in [3.8, 4) is 11.5 Å². The van der Waals surface area contributed by atoms with Crippen LogP contribution in [0.1, 0.15) is 65.5 Å². The highest BCUT2D eigenvalue weighted by atomic mass is 16.7. The van der Waals surface area contributed by atoms with Crippen LogP contribution in [0.25, 0.3) is 0 Å². The van der Waals surface area contributed by atoms with E-state index >= 15 is 0 Å². The van der Waals surface area contributed by atoms with E-state index in [2.05, 4.69) is 20.8 Å². The zero-order chi connectivity index (χ0) is 20.6. The average molecular weight is 379 g/mol. The average Bonchev–Trinajstić information content (AvgIpc) is 2.58. The highest BCUT2D eigenvalue weighted by molar-refractivity contribution is 5.74. The Balaban J connectivity index is 3.19. The van der Waals surface area contributed by atoms with Crippen LogP contribution in [0.5, 0.6) is 11.5 Å². The quantitative estimate of drug-likeness (QED) is 0.358. The van der Waals surface area contributed by atoms with Crippen LogP contribution in [0, 0.1) is 6.92 Å². The van der Waals surface area contributed by atoms with Crippen molar-refractivity contribution >= 4 is 12.2 Å². The van der Waals surface area contributed by atoms with Crippen molar-refractivity contribution in [2.24, 2.45) is 0 Å². The van der Waals surface area contributed by atoms with Crippen LogP contribution in [-0.4, -0.2) is 36.8 Å². The van der Waals surface area contributed by atoms with Gasteiger partial charge >= 0.3 is 12.2 Å². The lowest BCUT2D eigenvalue weighted by molar-refractivity contribution is 0.0956. The highest BCUT2D eigenvalue weighted by Gasteiger charge is 2.24. The maximum atomic E-state index is 12.4. The van der Waals surface area contributed by atoms with Gasteiger partial charge < -0.3 is 19.1 Å². The van der Waals surface area contributed by atoms with Crippen LogP contribution < -0.4 is 9.47 Å². The number of amides is 1. The molecule has 0 saturated heterocycles. The van der Waals surface area contributed by atoms with Gasteiger partial charge in [-0.05, 0) is 49.8 Å². The molecular weight excluding hydrogens is 346 g/mol. The Bertz CT molecular complexity index is 645. The van der Waals surface area contributed by atoms with Crippen LogP contribution >= 0.6 is 0 Å². The van der Waals surface area contributed by atoms with Gasteiger partial charge in [0.2, 0.25) is 0 Å². The largest absolute Gasteiger partial charge is 0.513 e. The first-order valence-corrected chi connectivity index (χ1v) is 9.60. The van der Waals surface area contributed by atoms with Gasteiger partial charge in [0.25, 0.3) is 0 Å². The Morgan fingerprint density at radius 3 is 2.19 bits per heavy atom. The number of aryl methyl sites for hydroxylation is 1. The maximum absolute atomic E-state index is 12.4. The Kier molecular flexibility index (Phi) is 8.60. The molecule has 0 aliphatic heterocycles. The minimum Gasteiger partial charge on any atom is -0.434 e. The fourth-order valence-corrected chi connectivity index (χ4v) is 2.43. The number of carbonyl (C=O) groups is 2. The molecule has 0 N–H and O–H groups in total. The van der Waals surface area contributed by atoms with Crippen molar-refractivity contribution in [2.45, 2.75) is 66.7 Å². The van der Waals surface area contributed by atoms with Gasteiger partial charge in [-0.1, -0.05) is 40.2 Å². The van der Waals surface area contributed by atoms with Gasteiger partial charge in [0.05, 0.1) is 6.61 Å². The van der Waals surface area contributed by atoms with E-state index in [-0.39, 0.29) is 16.9 Å². The van der Waals surface area contributed by atoms with Gasteiger partial charge in [-0.3, -0.25) is 0 Å². The van der Waals surface area contributed by atoms with Crippen molar-refractivity contribution in [1.29, 1.82) is 0 Å². The lowest BCUT2D eigenvalue weighted by Gasteiger charge is -2.24. The van der Waals surface area contributed by atoms with E-state index in [1.807, 2.05) is 33.8 Å². The molecule has 1 rings (SSSR count). The molecule has 0 fully saturated rings. The second-order valence-electron chi connectivity index (χ2n) is 7.46. The van der Waals surface area contributed by atoms with Crippen LogP contribution in [0.15, 0.2) is 12.1 Å². The lowest BCUT2D eigenvalue weighted by atomic mass is 9.86. The molecule has 0 radical (unpaired) electrons. The number of rotatable bonds is 7. The van der Waals surface area contributed by atoms with Gasteiger partial charge in [0.15, 0.2) is 11.5 Å². The molecule has 0 aromatic heterocycles. The fraction of sp³-hybridized carbons (Fsp3) is 0.619. The fourth-order valence-electron chi connectivity index (χ4n) is 2.43. The minimum atomic E-state index is -0.796. The zero-order valence-corrected chi connectivity index (χ0v) is 17.7. The molecule has 27 heavy (non-hydrogen) atoms. The lowest BCUT2D eigenvalue weighted by Crippen LogP contribution is -2.33. The zero-order valence-electron chi connectivity index (χ0n) is 17.7. The molecule has 1 aromatic carbocycles. The Hall–Kier alpha value is -2.24. The summed E-state index contributed by atoms with van der Waals surface area (Å²) in [5.74, 6) is 0.439. The summed E-state index contributed by atoms with van der Waals surface area (Å²) in [4.78, 5) is 26.0. The molecule has 6 nitrogen and oxygen atoms in total. The van der Waals surface area contributed by atoms with Crippen molar-refractivity contribution < 1.29 is 23.8 Å². The van der Waals surface area contributed by atoms with Gasteiger partial charge in [-0.2, -0.15) is 0 Å². The monoisotopic (exact) mass is 379 g/mol. The van der Waals surface area contributed by atoms with E-state index < -0.39 is 12.2 Å². The molecule has 1 amide bonds. The second kappa shape index (κ2) is 10.2. The molecular formula is C21H33NO5. The summed E-state index contributed by atoms with van der Waals surface area (Å²) < 4.78 is 16.0. The molecule has 0 aliphatic rings. The van der Waals surface area contributed by atoms with E-state index in [1.165, 1.54) is 0 Å². The Labute approximate surface area is 162 Å². The summed E-state index contributed by atoms with van der Waals surface area (Å²) in [7, 11) is 0. The van der Waals surface area contributed by atoms with Gasteiger partial charge in [-0.25, -0.2) is 9.59 Å². The number of unbranched alkanes of at least 4 members (excludes halogenated alkanes) is 1. The molecule has 0 saturated carbocycles. The van der Waals surface area contributed by atoms with Crippen molar-refractivity contribution in [2.75, 3.05) is 19.7 Å². The Morgan fingerprint density at radius 1 is 1.04 bits per heavy atom. The molecule has 0 spiro atoms. The second-order valence-corrected chi connectivity index (χ2v) is 7.46. The molecule has 6 heteroatoms. The van der Waals surface area contributed by atoms with Crippen LogP contribution in [0.2, 0.25) is 0 Å². The van der Waals surface area contributed by atoms with Gasteiger partial charge in [0, 0.05) is 13.1 Å². The third-order valence-corrected chi connectivity index (χ3v) is 4.23.